The van der Waals surface area contributed by atoms with Crippen LogP contribution in [0.3, 0.4) is 0 Å². The first-order chi connectivity index (χ1) is 12.8. The predicted molar refractivity (Wildman–Crippen MR) is 102 cm³/mol. The van der Waals surface area contributed by atoms with Gasteiger partial charge in [-0.25, -0.2) is 4.79 Å². The van der Waals surface area contributed by atoms with Gasteiger partial charge in [0, 0.05) is 16.0 Å². The summed E-state index contributed by atoms with van der Waals surface area (Å²) >= 11 is 1.63. The molecule has 1 aliphatic heterocycles. The van der Waals surface area contributed by atoms with Crippen LogP contribution in [0.5, 0.6) is 0 Å². The van der Waals surface area contributed by atoms with E-state index in [-0.39, 0.29) is 6.61 Å². The molecule has 1 aliphatic rings. The summed E-state index contributed by atoms with van der Waals surface area (Å²) < 4.78 is 5.46. The number of hydrogen-bond acceptors (Lipinski definition) is 4. The number of hydrogen-bond donors (Lipinski definition) is 0. The summed E-state index contributed by atoms with van der Waals surface area (Å²) in [6.07, 6.45) is -0.515. The average Bonchev–Trinajstić information content (AvgIpc) is 3.37. The molecule has 0 unspecified atom stereocenters. The Morgan fingerprint density at radius 3 is 2.42 bits per heavy atom. The minimum Gasteiger partial charge on any atom is -0.443 e. The van der Waals surface area contributed by atoms with E-state index in [0.29, 0.717) is 6.61 Å². The van der Waals surface area contributed by atoms with Crippen LogP contribution < -0.4 is 0 Å². The number of carbonyl (C=O) groups is 1. The Kier molecular flexibility index (Phi) is 4.82. The molecule has 0 saturated heterocycles. The van der Waals surface area contributed by atoms with Crippen LogP contribution in [0, 0.1) is 0 Å². The molecule has 0 spiro atoms. The van der Waals surface area contributed by atoms with Crippen LogP contribution >= 0.6 is 11.3 Å². The summed E-state index contributed by atoms with van der Waals surface area (Å²) in [5, 5.41) is 3.29. The summed E-state index contributed by atoms with van der Waals surface area (Å²) in [6, 6.07) is 23.4. The summed E-state index contributed by atoms with van der Waals surface area (Å²) in [6.45, 7) is 0.543. The number of hydroxylamine groups is 2. The zero-order valence-electron chi connectivity index (χ0n) is 14.0. The van der Waals surface area contributed by atoms with Crippen LogP contribution in [0.25, 0.3) is 11.3 Å². The number of rotatable bonds is 4. The Morgan fingerprint density at radius 1 is 1.00 bits per heavy atom. The standard InChI is InChI=1S/C21H17NO3S/c23-21(24-14-16-8-3-1-4-9-16)22-20(17-10-5-2-6-11-17)18(15-25-22)19-12-7-13-26-19/h1-13H,14-15H2. The number of amides is 1. The van der Waals surface area contributed by atoms with E-state index in [2.05, 4.69) is 0 Å². The largest absolute Gasteiger partial charge is 0.443 e. The van der Waals surface area contributed by atoms with Crippen molar-refractivity contribution in [1.29, 1.82) is 0 Å². The maximum atomic E-state index is 12.7. The van der Waals surface area contributed by atoms with Crippen molar-refractivity contribution in [2.24, 2.45) is 0 Å². The molecule has 0 aliphatic carbocycles. The van der Waals surface area contributed by atoms with Crippen molar-refractivity contribution >= 4 is 28.7 Å². The molecule has 1 amide bonds. The second-order valence-corrected chi connectivity index (χ2v) is 6.73. The second-order valence-electron chi connectivity index (χ2n) is 5.78. The fourth-order valence-corrected chi connectivity index (χ4v) is 3.59. The summed E-state index contributed by atoms with van der Waals surface area (Å²) in [5.74, 6) is 0. The maximum absolute atomic E-state index is 12.7. The van der Waals surface area contributed by atoms with Gasteiger partial charge in [0.2, 0.25) is 0 Å². The molecule has 2 heterocycles. The Bertz CT molecular complexity index is 905. The van der Waals surface area contributed by atoms with Crippen LogP contribution in [0.2, 0.25) is 0 Å². The summed E-state index contributed by atoms with van der Waals surface area (Å²) in [7, 11) is 0. The number of ether oxygens (including phenoxy) is 1. The predicted octanol–water partition coefficient (Wildman–Crippen LogP) is 5.20. The summed E-state index contributed by atoms with van der Waals surface area (Å²) in [5.41, 5.74) is 3.59. The molecule has 0 bridgehead atoms. The van der Waals surface area contributed by atoms with Crippen LogP contribution in [0.4, 0.5) is 4.79 Å². The monoisotopic (exact) mass is 363 g/mol. The molecule has 4 nitrogen and oxygen atoms in total. The van der Waals surface area contributed by atoms with Crippen molar-refractivity contribution in [3.8, 4) is 0 Å². The Hall–Kier alpha value is -2.89. The van der Waals surface area contributed by atoms with Crippen LogP contribution in [0.1, 0.15) is 16.0 Å². The van der Waals surface area contributed by atoms with Gasteiger partial charge in [-0.2, -0.15) is 5.06 Å². The van der Waals surface area contributed by atoms with Gasteiger partial charge in [-0.15, -0.1) is 11.3 Å². The van der Waals surface area contributed by atoms with Crippen molar-refractivity contribution in [3.63, 3.8) is 0 Å². The minimum atomic E-state index is -0.515. The lowest BCUT2D eigenvalue weighted by Crippen LogP contribution is -2.27. The topological polar surface area (TPSA) is 38.8 Å². The maximum Gasteiger partial charge on any atom is 0.439 e. The SMILES string of the molecule is O=C(OCc1ccccc1)N1OCC(c2cccs2)=C1c1ccccc1. The van der Waals surface area contributed by atoms with E-state index in [1.807, 2.05) is 78.2 Å². The Morgan fingerprint density at radius 2 is 1.73 bits per heavy atom. The fraction of sp³-hybridized carbons (Fsp3) is 0.0952. The van der Waals surface area contributed by atoms with Gasteiger partial charge in [0.1, 0.15) is 13.2 Å². The number of thiophene rings is 1. The van der Waals surface area contributed by atoms with E-state index in [9.17, 15) is 4.79 Å². The van der Waals surface area contributed by atoms with Crippen LogP contribution in [-0.2, 0) is 16.2 Å². The van der Waals surface area contributed by atoms with E-state index in [1.54, 1.807) is 11.3 Å². The van der Waals surface area contributed by atoms with Gasteiger partial charge in [-0.1, -0.05) is 66.7 Å². The first-order valence-corrected chi connectivity index (χ1v) is 9.17. The average molecular weight is 363 g/mol. The first-order valence-electron chi connectivity index (χ1n) is 8.29. The lowest BCUT2D eigenvalue weighted by molar-refractivity contribution is -0.0680. The molecular formula is C21H17NO3S. The lowest BCUT2D eigenvalue weighted by atomic mass is 10.1. The third-order valence-electron chi connectivity index (χ3n) is 4.06. The molecule has 0 fully saturated rings. The third kappa shape index (κ3) is 3.40. The molecule has 0 saturated carbocycles. The van der Waals surface area contributed by atoms with Gasteiger partial charge in [0.25, 0.3) is 0 Å². The van der Waals surface area contributed by atoms with E-state index in [0.717, 1.165) is 27.3 Å². The normalized spacial score (nSPS) is 13.9. The van der Waals surface area contributed by atoms with Gasteiger partial charge < -0.3 is 4.74 Å². The number of benzene rings is 2. The Labute approximate surface area is 155 Å². The van der Waals surface area contributed by atoms with E-state index >= 15 is 0 Å². The second kappa shape index (κ2) is 7.56. The highest BCUT2D eigenvalue weighted by atomic mass is 32.1. The van der Waals surface area contributed by atoms with Gasteiger partial charge in [-0.05, 0) is 17.0 Å². The molecular weight excluding hydrogens is 346 g/mol. The van der Waals surface area contributed by atoms with E-state index < -0.39 is 6.09 Å². The van der Waals surface area contributed by atoms with Gasteiger partial charge in [0.15, 0.2) is 0 Å². The Balaban J connectivity index is 1.62. The van der Waals surface area contributed by atoms with Gasteiger partial charge in [-0.3, -0.25) is 4.84 Å². The molecule has 4 rings (SSSR count). The third-order valence-corrected chi connectivity index (χ3v) is 4.99. The molecule has 5 heteroatoms. The highest BCUT2D eigenvalue weighted by Crippen LogP contribution is 2.37. The molecule has 26 heavy (non-hydrogen) atoms. The first kappa shape index (κ1) is 16.6. The molecule has 130 valence electrons. The zero-order valence-corrected chi connectivity index (χ0v) is 14.8. The van der Waals surface area contributed by atoms with Crippen molar-refractivity contribution in [1.82, 2.24) is 5.06 Å². The van der Waals surface area contributed by atoms with Crippen LogP contribution in [-0.4, -0.2) is 17.8 Å². The van der Waals surface area contributed by atoms with Gasteiger partial charge >= 0.3 is 6.09 Å². The fourth-order valence-electron chi connectivity index (χ4n) is 2.83. The quantitative estimate of drug-likeness (QED) is 0.639. The van der Waals surface area contributed by atoms with Gasteiger partial charge in [0.05, 0.1) is 5.70 Å². The molecule has 3 aromatic rings. The smallest absolute Gasteiger partial charge is 0.439 e. The highest BCUT2D eigenvalue weighted by molar-refractivity contribution is 7.11. The number of nitrogens with zero attached hydrogens (tertiary/aromatic N) is 1. The highest BCUT2D eigenvalue weighted by Gasteiger charge is 2.32. The van der Waals surface area contributed by atoms with Crippen molar-refractivity contribution in [3.05, 3.63) is 94.2 Å². The number of carbonyl (C=O) groups excluding carboxylic acids is 1. The van der Waals surface area contributed by atoms with E-state index in [1.165, 1.54) is 5.06 Å². The molecule has 2 aromatic carbocycles. The minimum absolute atomic E-state index is 0.204. The van der Waals surface area contributed by atoms with E-state index in [4.69, 9.17) is 9.57 Å². The van der Waals surface area contributed by atoms with Crippen LogP contribution in [0.15, 0.2) is 78.2 Å². The summed E-state index contributed by atoms with van der Waals surface area (Å²) in [4.78, 5) is 19.4. The molecule has 0 radical (unpaired) electrons. The molecule has 1 aromatic heterocycles. The zero-order chi connectivity index (χ0) is 17.8. The van der Waals surface area contributed by atoms with Crippen molar-refractivity contribution in [2.45, 2.75) is 6.61 Å². The molecule has 0 atom stereocenters. The van der Waals surface area contributed by atoms with Crippen molar-refractivity contribution in [2.75, 3.05) is 6.61 Å². The molecule has 0 N–H and O–H groups in total. The lowest BCUT2D eigenvalue weighted by Gasteiger charge is -2.18. The van der Waals surface area contributed by atoms with Crippen molar-refractivity contribution < 1.29 is 14.4 Å².